The first-order valence-corrected chi connectivity index (χ1v) is 12.1. The third kappa shape index (κ3) is 4.45. The van der Waals surface area contributed by atoms with Gasteiger partial charge in [-0.1, -0.05) is 0 Å². The first kappa shape index (κ1) is 23.2. The predicted octanol–water partition coefficient (Wildman–Crippen LogP) is 3.73. The largest absolute Gasteiger partial charge is 0.473 e. The summed E-state index contributed by atoms with van der Waals surface area (Å²) in [5.74, 6) is 1.42. The number of anilines is 1. The molecule has 0 unspecified atom stereocenters. The summed E-state index contributed by atoms with van der Waals surface area (Å²) in [5, 5.41) is 23.4. The highest BCUT2D eigenvalue weighted by molar-refractivity contribution is 5.93. The molecule has 4 heterocycles. The van der Waals surface area contributed by atoms with Crippen molar-refractivity contribution in [1.82, 2.24) is 34.5 Å². The molecule has 0 radical (unpaired) electrons. The first-order valence-electron chi connectivity index (χ1n) is 12.1. The molecular formula is C25H32N8O2. The standard InChI is InChI=1S/C25H32N8O2/c1-16-24(28-10-9-27-16)35-19-7-5-18(6-8-19)33-21-11-22(26-4)29-13-20(21)23(31-33)17-12-30-32(14-17)25(2,3)15-34/h9-14,18-19,34H,5-8,15H2,1-4H3,(H,26,29). The summed E-state index contributed by atoms with van der Waals surface area (Å²) < 4.78 is 10.1. The van der Waals surface area contributed by atoms with Gasteiger partial charge in [-0.25, -0.2) is 9.97 Å². The van der Waals surface area contributed by atoms with Gasteiger partial charge < -0.3 is 15.2 Å². The van der Waals surface area contributed by atoms with Crippen molar-refractivity contribution in [3.05, 3.63) is 42.7 Å². The summed E-state index contributed by atoms with van der Waals surface area (Å²) >= 11 is 0. The maximum Gasteiger partial charge on any atom is 0.235 e. The number of pyridine rings is 1. The van der Waals surface area contributed by atoms with Crippen LogP contribution in [0.25, 0.3) is 22.2 Å². The number of aliphatic hydroxyl groups is 1. The van der Waals surface area contributed by atoms with Crippen LogP contribution in [-0.4, -0.2) is 59.4 Å². The molecule has 1 fully saturated rings. The minimum absolute atomic E-state index is 0.00417. The molecule has 1 saturated carbocycles. The Labute approximate surface area is 204 Å². The van der Waals surface area contributed by atoms with Gasteiger partial charge in [-0.3, -0.25) is 14.3 Å². The molecule has 2 N–H and O–H groups in total. The molecule has 0 amide bonds. The van der Waals surface area contributed by atoms with Gasteiger partial charge >= 0.3 is 0 Å². The average molecular weight is 477 g/mol. The summed E-state index contributed by atoms with van der Waals surface area (Å²) in [6, 6.07) is 2.31. The molecule has 10 nitrogen and oxygen atoms in total. The second-order valence-electron chi connectivity index (χ2n) is 9.77. The second kappa shape index (κ2) is 9.26. The second-order valence-corrected chi connectivity index (χ2v) is 9.77. The minimum atomic E-state index is -0.492. The molecule has 0 spiro atoms. The number of nitrogens with one attached hydrogen (secondary N) is 1. The smallest absolute Gasteiger partial charge is 0.235 e. The number of nitrogens with zero attached hydrogens (tertiary/aromatic N) is 7. The lowest BCUT2D eigenvalue weighted by molar-refractivity contribution is 0.124. The molecule has 184 valence electrons. The Bertz CT molecular complexity index is 1320. The molecule has 1 aliphatic carbocycles. The number of fused-ring (bicyclic) bond motifs is 1. The molecule has 0 aromatic carbocycles. The van der Waals surface area contributed by atoms with Gasteiger partial charge in [-0.2, -0.15) is 10.2 Å². The van der Waals surface area contributed by atoms with Gasteiger partial charge in [-0.05, 0) is 46.5 Å². The highest BCUT2D eigenvalue weighted by atomic mass is 16.5. The summed E-state index contributed by atoms with van der Waals surface area (Å²) in [4.78, 5) is 13.2. The van der Waals surface area contributed by atoms with Crippen LogP contribution in [-0.2, 0) is 5.54 Å². The fourth-order valence-electron chi connectivity index (χ4n) is 4.59. The highest BCUT2D eigenvalue weighted by Crippen LogP contribution is 2.36. The van der Waals surface area contributed by atoms with E-state index < -0.39 is 5.54 Å². The van der Waals surface area contributed by atoms with Gasteiger partial charge in [0.15, 0.2) is 0 Å². The van der Waals surface area contributed by atoms with Crippen molar-refractivity contribution in [2.75, 3.05) is 19.0 Å². The van der Waals surface area contributed by atoms with E-state index in [1.807, 2.05) is 46.4 Å². The van der Waals surface area contributed by atoms with E-state index in [-0.39, 0.29) is 18.8 Å². The Balaban J connectivity index is 1.43. The van der Waals surface area contributed by atoms with Crippen molar-refractivity contribution in [1.29, 1.82) is 0 Å². The molecule has 4 aromatic heterocycles. The van der Waals surface area contributed by atoms with Crippen molar-refractivity contribution < 1.29 is 9.84 Å². The molecule has 4 aromatic rings. The number of rotatable bonds is 7. The van der Waals surface area contributed by atoms with Crippen LogP contribution >= 0.6 is 0 Å². The van der Waals surface area contributed by atoms with Crippen LogP contribution in [0.5, 0.6) is 5.88 Å². The van der Waals surface area contributed by atoms with Crippen LogP contribution in [0.15, 0.2) is 37.1 Å². The van der Waals surface area contributed by atoms with E-state index in [0.717, 1.165) is 59.4 Å². The first-order chi connectivity index (χ1) is 16.9. The quantitative estimate of drug-likeness (QED) is 0.415. The van der Waals surface area contributed by atoms with Crippen LogP contribution < -0.4 is 10.1 Å². The van der Waals surface area contributed by atoms with E-state index in [0.29, 0.717) is 5.88 Å². The van der Waals surface area contributed by atoms with Gasteiger partial charge in [0.1, 0.15) is 17.6 Å². The lowest BCUT2D eigenvalue weighted by Gasteiger charge is -2.29. The van der Waals surface area contributed by atoms with Gasteiger partial charge in [0.05, 0.1) is 35.6 Å². The third-order valence-electron chi connectivity index (χ3n) is 6.82. The molecular weight excluding hydrogens is 444 g/mol. The van der Waals surface area contributed by atoms with E-state index in [2.05, 4.69) is 36.1 Å². The minimum Gasteiger partial charge on any atom is -0.473 e. The molecule has 0 atom stereocenters. The van der Waals surface area contributed by atoms with Crippen molar-refractivity contribution >= 4 is 16.7 Å². The average Bonchev–Trinajstić information content (AvgIpc) is 3.51. The molecule has 0 saturated heterocycles. The van der Waals surface area contributed by atoms with E-state index >= 15 is 0 Å². The topological polar surface area (TPSA) is 116 Å². The van der Waals surface area contributed by atoms with Crippen LogP contribution in [0.2, 0.25) is 0 Å². The zero-order valence-electron chi connectivity index (χ0n) is 20.6. The van der Waals surface area contributed by atoms with Gasteiger partial charge in [0.25, 0.3) is 0 Å². The zero-order chi connectivity index (χ0) is 24.6. The number of hydrogen-bond donors (Lipinski definition) is 2. The number of aliphatic hydroxyl groups excluding tert-OH is 1. The SMILES string of the molecule is CNc1cc2c(cn1)c(-c1cnn(C(C)(C)CO)c1)nn2C1CCC(Oc2nccnc2C)CC1. The maximum atomic E-state index is 9.75. The normalized spacial score (nSPS) is 18.7. The fourth-order valence-corrected chi connectivity index (χ4v) is 4.59. The predicted molar refractivity (Wildman–Crippen MR) is 133 cm³/mol. The van der Waals surface area contributed by atoms with Crippen molar-refractivity contribution in [3.63, 3.8) is 0 Å². The molecule has 35 heavy (non-hydrogen) atoms. The highest BCUT2D eigenvalue weighted by Gasteiger charge is 2.28. The monoisotopic (exact) mass is 476 g/mol. The number of aryl methyl sites for hydroxylation is 1. The fraction of sp³-hybridized carbons (Fsp3) is 0.480. The van der Waals surface area contributed by atoms with E-state index in [9.17, 15) is 5.11 Å². The van der Waals surface area contributed by atoms with Gasteiger partial charge in [0, 0.05) is 48.9 Å². The van der Waals surface area contributed by atoms with Crippen LogP contribution in [0.4, 0.5) is 5.82 Å². The zero-order valence-corrected chi connectivity index (χ0v) is 20.6. The lowest BCUT2D eigenvalue weighted by Crippen LogP contribution is -2.30. The van der Waals surface area contributed by atoms with Gasteiger partial charge in [-0.15, -0.1) is 0 Å². The van der Waals surface area contributed by atoms with Crippen molar-refractivity contribution in [2.24, 2.45) is 0 Å². The summed E-state index contributed by atoms with van der Waals surface area (Å²) in [5.41, 5.74) is 3.12. The molecule has 0 bridgehead atoms. The molecule has 1 aliphatic rings. The Morgan fingerprint density at radius 3 is 2.60 bits per heavy atom. The lowest BCUT2D eigenvalue weighted by atomic mass is 9.93. The van der Waals surface area contributed by atoms with Crippen LogP contribution in [0.1, 0.15) is 51.3 Å². The van der Waals surface area contributed by atoms with E-state index in [4.69, 9.17) is 9.84 Å². The third-order valence-corrected chi connectivity index (χ3v) is 6.82. The summed E-state index contributed by atoms with van der Waals surface area (Å²) in [6.45, 7) is 5.81. The molecule has 10 heteroatoms. The Morgan fingerprint density at radius 1 is 1.11 bits per heavy atom. The van der Waals surface area contributed by atoms with Gasteiger partial charge in [0.2, 0.25) is 5.88 Å². The van der Waals surface area contributed by atoms with Crippen molar-refractivity contribution in [3.8, 4) is 17.1 Å². The summed E-state index contributed by atoms with van der Waals surface area (Å²) in [7, 11) is 1.87. The van der Waals surface area contributed by atoms with Crippen LogP contribution in [0, 0.1) is 6.92 Å². The van der Waals surface area contributed by atoms with E-state index in [1.165, 1.54) is 0 Å². The Morgan fingerprint density at radius 2 is 1.89 bits per heavy atom. The van der Waals surface area contributed by atoms with Crippen LogP contribution in [0.3, 0.4) is 0 Å². The van der Waals surface area contributed by atoms with E-state index in [1.54, 1.807) is 17.1 Å². The van der Waals surface area contributed by atoms with Crippen molar-refractivity contribution in [2.45, 2.75) is 64.1 Å². The Kier molecular flexibility index (Phi) is 6.14. The maximum absolute atomic E-state index is 9.75. The number of ether oxygens (including phenoxy) is 1. The molecule has 0 aliphatic heterocycles. The molecule has 5 rings (SSSR count). The number of aromatic nitrogens is 7. The number of hydrogen-bond acceptors (Lipinski definition) is 8. The Hall–Kier alpha value is -3.53. The summed E-state index contributed by atoms with van der Waals surface area (Å²) in [6.07, 6.45) is 12.9.